The molecule has 3 N–H and O–H groups in total. The zero-order valence-electron chi connectivity index (χ0n) is 8.78. The number of nitrogen functional groups attached to an aromatic ring is 1. The third-order valence-electron chi connectivity index (χ3n) is 2.42. The maximum Gasteiger partial charge on any atom is 0.144 e. The summed E-state index contributed by atoms with van der Waals surface area (Å²) >= 11 is 0. The van der Waals surface area contributed by atoms with Gasteiger partial charge < -0.3 is 5.73 Å². The van der Waals surface area contributed by atoms with Gasteiger partial charge in [-0.05, 0) is 12.5 Å². The largest absolute Gasteiger partial charge is 0.382 e. The van der Waals surface area contributed by atoms with Gasteiger partial charge in [0.2, 0.25) is 0 Å². The van der Waals surface area contributed by atoms with Crippen molar-refractivity contribution in [3.05, 3.63) is 30.0 Å². The number of alkyl halides is 1. The van der Waals surface area contributed by atoms with Crippen LogP contribution in [0.15, 0.2) is 24.3 Å². The maximum atomic E-state index is 12.1. The molecule has 0 unspecified atom stereocenters. The molecule has 1 aromatic heterocycles. The van der Waals surface area contributed by atoms with Crippen molar-refractivity contribution >= 4 is 16.7 Å². The van der Waals surface area contributed by atoms with Crippen LogP contribution in [0.25, 0.3) is 10.9 Å². The summed E-state index contributed by atoms with van der Waals surface area (Å²) in [6.07, 6.45) is 0.420. The lowest BCUT2D eigenvalue weighted by atomic mass is 10.2. The molecular weight excluding hydrogens is 207 g/mol. The number of aromatic nitrogens is 2. The van der Waals surface area contributed by atoms with Crippen LogP contribution in [0.4, 0.5) is 4.39 Å². The highest BCUT2D eigenvalue weighted by molar-refractivity contribution is 6.05. The Morgan fingerprint density at radius 2 is 2.19 bits per heavy atom. The molecule has 0 bridgehead atoms. The van der Waals surface area contributed by atoms with Crippen LogP contribution in [0.2, 0.25) is 0 Å². The molecule has 2 aromatic rings. The second kappa shape index (κ2) is 4.30. The van der Waals surface area contributed by atoms with E-state index in [1.54, 1.807) is 4.68 Å². The van der Waals surface area contributed by atoms with Crippen LogP contribution in [0.5, 0.6) is 0 Å². The molecule has 0 spiro atoms. The standard InChI is InChI=1S/C11H13FN4/c12-6-3-7-16-9-5-2-1-4-8(9)10(15-16)11(13)14/h1-2,4-5H,3,6-7H2,(H3,13,14). The van der Waals surface area contributed by atoms with Crippen molar-refractivity contribution < 1.29 is 4.39 Å². The summed E-state index contributed by atoms with van der Waals surface area (Å²) in [5, 5.41) is 12.5. The Balaban J connectivity index is 2.53. The van der Waals surface area contributed by atoms with E-state index in [9.17, 15) is 4.39 Å². The first-order chi connectivity index (χ1) is 7.74. The average Bonchev–Trinajstić information content (AvgIpc) is 2.65. The molecule has 0 atom stereocenters. The van der Waals surface area contributed by atoms with Crippen molar-refractivity contribution in [2.75, 3.05) is 6.67 Å². The number of para-hydroxylation sites is 1. The van der Waals surface area contributed by atoms with E-state index in [0.29, 0.717) is 18.7 Å². The van der Waals surface area contributed by atoms with Gasteiger partial charge >= 0.3 is 0 Å². The molecule has 0 aliphatic heterocycles. The third-order valence-corrected chi connectivity index (χ3v) is 2.42. The lowest BCUT2D eigenvalue weighted by molar-refractivity contribution is 0.438. The molecule has 2 rings (SSSR count). The number of nitrogens with zero attached hydrogens (tertiary/aromatic N) is 2. The maximum absolute atomic E-state index is 12.1. The Morgan fingerprint density at radius 1 is 1.44 bits per heavy atom. The van der Waals surface area contributed by atoms with Crippen molar-refractivity contribution in [1.82, 2.24) is 9.78 Å². The summed E-state index contributed by atoms with van der Waals surface area (Å²) in [6, 6.07) is 7.52. The van der Waals surface area contributed by atoms with Crippen LogP contribution >= 0.6 is 0 Å². The number of benzene rings is 1. The zero-order chi connectivity index (χ0) is 11.5. The lowest BCUT2D eigenvalue weighted by Crippen LogP contribution is -2.13. The summed E-state index contributed by atoms with van der Waals surface area (Å²) in [5.41, 5.74) is 6.81. The fourth-order valence-corrected chi connectivity index (χ4v) is 1.71. The molecule has 0 saturated heterocycles. The number of fused-ring (bicyclic) bond motifs is 1. The van der Waals surface area contributed by atoms with Crippen molar-refractivity contribution in [1.29, 1.82) is 5.41 Å². The fraction of sp³-hybridized carbons (Fsp3) is 0.273. The number of rotatable bonds is 4. The highest BCUT2D eigenvalue weighted by Crippen LogP contribution is 2.18. The molecule has 0 amide bonds. The Morgan fingerprint density at radius 3 is 2.88 bits per heavy atom. The molecule has 0 fully saturated rings. The predicted octanol–water partition coefficient (Wildman–Crippen LogP) is 1.68. The summed E-state index contributed by atoms with van der Waals surface area (Å²) in [6.45, 7) is 0.133. The molecular formula is C11H13FN4. The first-order valence-electron chi connectivity index (χ1n) is 5.10. The number of halogens is 1. The van der Waals surface area contributed by atoms with Gasteiger partial charge in [-0.3, -0.25) is 14.5 Å². The van der Waals surface area contributed by atoms with Crippen LogP contribution in [0.3, 0.4) is 0 Å². The molecule has 4 nitrogen and oxygen atoms in total. The van der Waals surface area contributed by atoms with Crippen LogP contribution in [0.1, 0.15) is 12.1 Å². The molecule has 1 heterocycles. The number of hydrogen-bond donors (Lipinski definition) is 2. The second-order valence-electron chi connectivity index (χ2n) is 3.55. The van der Waals surface area contributed by atoms with Crippen molar-refractivity contribution in [2.24, 2.45) is 5.73 Å². The van der Waals surface area contributed by atoms with E-state index >= 15 is 0 Å². The van der Waals surface area contributed by atoms with Crippen molar-refractivity contribution in [3.63, 3.8) is 0 Å². The molecule has 0 saturated carbocycles. The molecule has 84 valence electrons. The predicted molar refractivity (Wildman–Crippen MR) is 61.3 cm³/mol. The normalized spacial score (nSPS) is 10.8. The number of nitrogens with two attached hydrogens (primary N) is 1. The van der Waals surface area contributed by atoms with Crippen LogP contribution in [-0.2, 0) is 6.54 Å². The third kappa shape index (κ3) is 1.76. The van der Waals surface area contributed by atoms with E-state index in [2.05, 4.69) is 5.10 Å². The Labute approximate surface area is 92.4 Å². The minimum atomic E-state index is -0.371. The summed E-state index contributed by atoms with van der Waals surface area (Å²) in [4.78, 5) is 0. The molecule has 0 radical (unpaired) electrons. The summed E-state index contributed by atoms with van der Waals surface area (Å²) in [7, 11) is 0. The number of amidine groups is 1. The van der Waals surface area contributed by atoms with Crippen molar-refractivity contribution in [2.45, 2.75) is 13.0 Å². The van der Waals surface area contributed by atoms with E-state index in [1.807, 2.05) is 24.3 Å². The second-order valence-corrected chi connectivity index (χ2v) is 3.55. The number of aryl methyl sites for hydroxylation is 1. The smallest absolute Gasteiger partial charge is 0.144 e. The monoisotopic (exact) mass is 220 g/mol. The van der Waals surface area contributed by atoms with E-state index in [1.165, 1.54) is 0 Å². The molecule has 0 aliphatic carbocycles. The summed E-state index contributed by atoms with van der Waals surface area (Å²) in [5.74, 6) is -0.0600. The van der Waals surface area contributed by atoms with Crippen LogP contribution in [0, 0.1) is 5.41 Å². The highest BCUT2D eigenvalue weighted by Gasteiger charge is 2.11. The van der Waals surface area contributed by atoms with E-state index < -0.39 is 0 Å². The summed E-state index contributed by atoms with van der Waals surface area (Å²) < 4.78 is 13.8. The minimum Gasteiger partial charge on any atom is -0.382 e. The van der Waals surface area contributed by atoms with Gasteiger partial charge in [-0.1, -0.05) is 18.2 Å². The minimum absolute atomic E-state index is 0.0600. The van der Waals surface area contributed by atoms with Crippen LogP contribution in [-0.4, -0.2) is 22.3 Å². The quantitative estimate of drug-likeness (QED) is 0.608. The van der Waals surface area contributed by atoms with Gasteiger partial charge in [0.1, 0.15) is 11.5 Å². The Bertz CT molecular complexity index is 518. The fourth-order valence-electron chi connectivity index (χ4n) is 1.71. The van der Waals surface area contributed by atoms with E-state index in [-0.39, 0.29) is 12.5 Å². The lowest BCUT2D eigenvalue weighted by Gasteiger charge is -1.99. The molecule has 16 heavy (non-hydrogen) atoms. The highest BCUT2D eigenvalue weighted by atomic mass is 19.1. The van der Waals surface area contributed by atoms with Crippen molar-refractivity contribution in [3.8, 4) is 0 Å². The molecule has 1 aromatic carbocycles. The van der Waals surface area contributed by atoms with Gasteiger partial charge in [-0.25, -0.2) is 0 Å². The van der Waals surface area contributed by atoms with Crippen LogP contribution < -0.4 is 5.73 Å². The molecule has 5 heteroatoms. The van der Waals surface area contributed by atoms with Gasteiger partial charge in [-0.15, -0.1) is 0 Å². The first-order valence-corrected chi connectivity index (χ1v) is 5.10. The first kappa shape index (κ1) is 10.6. The SMILES string of the molecule is N=C(N)c1nn(CCCF)c2ccccc12. The average molecular weight is 220 g/mol. The van der Waals surface area contributed by atoms with Gasteiger partial charge in [0.25, 0.3) is 0 Å². The van der Waals surface area contributed by atoms with Gasteiger partial charge in [0.05, 0.1) is 12.2 Å². The van der Waals surface area contributed by atoms with E-state index in [4.69, 9.17) is 11.1 Å². The zero-order valence-corrected chi connectivity index (χ0v) is 8.78. The van der Waals surface area contributed by atoms with E-state index in [0.717, 1.165) is 10.9 Å². The Kier molecular flexibility index (Phi) is 2.85. The van der Waals surface area contributed by atoms with Gasteiger partial charge in [0.15, 0.2) is 0 Å². The number of nitrogens with one attached hydrogen (secondary N) is 1. The topological polar surface area (TPSA) is 67.7 Å². The Hall–Kier alpha value is -1.91. The molecule has 0 aliphatic rings. The van der Waals surface area contributed by atoms with Gasteiger partial charge in [-0.2, -0.15) is 5.10 Å². The van der Waals surface area contributed by atoms with Gasteiger partial charge in [0, 0.05) is 11.9 Å². The number of hydrogen-bond acceptors (Lipinski definition) is 2.